The average molecular weight is 173 g/mol. The molecule has 2 N–H and O–H groups in total. The van der Waals surface area contributed by atoms with Crippen LogP contribution >= 0.6 is 0 Å². The van der Waals surface area contributed by atoms with Gasteiger partial charge in [-0.3, -0.25) is 4.79 Å². The molecule has 0 saturated carbocycles. The normalized spacial score (nSPS) is 11.7. The average Bonchev–Trinajstić information content (AvgIpc) is 2.09. The van der Waals surface area contributed by atoms with Gasteiger partial charge in [0.05, 0.1) is 0 Å². The molecule has 12 heavy (non-hydrogen) atoms. The predicted molar refractivity (Wildman–Crippen MR) is 49.0 cm³/mol. The highest BCUT2D eigenvalue weighted by Gasteiger charge is 2.32. The molecule has 0 spiro atoms. The summed E-state index contributed by atoms with van der Waals surface area (Å²) < 4.78 is 4.81. The molecule has 0 rings (SSSR count). The van der Waals surface area contributed by atoms with E-state index in [-0.39, 0.29) is 17.8 Å². The number of carbonyl (C=O) groups is 1. The minimum atomic E-state index is -0.351. The van der Waals surface area contributed by atoms with Crippen LogP contribution in [0.15, 0.2) is 0 Å². The SMILES string of the molecule is CCC(CC)(CN)C(=O)COC. The first-order chi connectivity index (χ1) is 5.66. The van der Waals surface area contributed by atoms with Gasteiger partial charge in [-0.2, -0.15) is 0 Å². The number of hydrogen-bond donors (Lipinski definition) is 1. The van der Waals surface area contributed by atoms with Gasteiger partial charge in [0.1, 0.15) is 6.61 Å². The van der Waals surface area contributed by atoms with E-state index in [4.69, 9.17) is 10.5 Å². The molecule has 0 aliphatic heterocycles. The number of carbonyl (C=O) groups excluding carboxylic acids is 1. The molecule has 0 aromatic carbocycles. The van der Waals surface area contributed by atoms with E-state index in [9.17, 15) is 4.79 Å². The van der Waals surface area contributed by atoms with Crippen LogP contribution in [0, 0.1) is 5.41 Å². The lowest BCUT2D eigenvalue weighted by atomic mass is 9.78. The summed E-state index contributed by atoms with van der Waals surface area (Å²) in [5.41, 5.74) is 5.23. The van der Waals surface area contributed by atoms with Gasteiger partial charge in [-0.1, -0.05) is 13.8 Å². The maximum absolute atomic E-state index is 11.6. The second-order valence-corrected chi connectivity index (χ2v) is 3.05. The van der Waals surface area contributed by atoms with Crippen LogP contribution in [-0.4, -0.2) is 26.0 Å². The number of ketones is 1. The third kappa shape index (κ3) is 2.29. The lowest BCUT2D eigenvalue weighted by molar-refractivity contribution is -0.132. The molecule has 0 aromatic heterocycles. The van der Waals surface area contributed by atoms with Crippen LogP contribution in [0.1, 0.15) is 26.7 Å². The van der Waals surface area contributed by atoms with Crippen molar-refractivity contribution < 1.29 is 9.53 Å². The van der Waals surface area contributed by atoms with Crippen molar-refractivity contribution >= 4 is 5.78 Å². The maximum atomic E-state index is 11.6. The number of hydrogen-bond acceptors (Lipinski definition) is 3. The minimum Gasteiger partial charge on any atom is -0.377 e. The van der Waals surface area contributed by atoms with Crippen LogP contribution in [0.3, 0.4) is 0 Å². The predicted octanol–water partition coefficient (Wildman–Crippen LogP) is 0.967. The smallest absolute Gasteiger partial charge is 0.165 e. The number of nitrogens with two attached hydrogens (primary N) is 1. The van der Waals surface area contributed by atoms with Crippen molar-refractivity contribution in [3.05, 3.63) is 0 Å². The summed E-state index contributed by atoms with van der Waals surface area (Å²) in [6.07, 6.45) is 1.59. The van der Waals surface area contributed by atoms with Gasteiger partial charge < -0.3 is 10.5 Å². The van der Waals surface area contributed by atoms with Crippen molar-refractivity contribution in [2.45, 2.75) is 26.7 Å². The summed E-state index contributed by atoms with van der Waals surface area (Å²) in [4.78, 5) is 11.6. The molecule has 0 heterocycles. The van der Waals surface area contributed by atoms with E-state index in [1.165, 1.54) is 7.11 Å². The fourth-order valence-corrected chi connectivity index (χ4v) is 1.33. The molecule has 0 aliphatic rings. The first-order valence-corrected chi connectivity index (χ1v) is 4.39. The number of ether oxygens (including phenoxy) is 1. The van der Waals surface area contributed by atoms with Crippen LogP contribution in [-0.2, 0) is 9.53 Å². The molecule has 3 nitrogen and oxygen atoms in total. The van der Waals surface area contributed by atoms with Gasteiger partial charge in [-0.25, -0.2) is 0 Å². The largest absolute Gasteiger partial charge is 0.377 e. The van der Waals surface area contributed by atoms with E-state index in [0.717, 1.165) is 12.8 Å². The Balaban J connectivity index is 4.36. The third-order valence-corrected chi connectivity index (χ3v) is 2.61. The Kier molecular flexibility index (Phi) is 5.09. The van der Waals surface area contributed by atoms with Crippen molar-refractivity contribution in [1.29, 1.82) is 0 Å². The topological polar surface area (TPSA) is 52.3 Å². The highest BCUT2D eigenvalue weighted by molar-refractivity contribution is 5.86. The molecule has 0 bridgehead atoms. The molecular formula is C9H19NO2. The van der Waals surface area contributed by atoms with Gasteiger partial charge in [0, 0.05) is 19.1 Å². The molecular weight excluding hydrogens is 154 g/mol. The summed E-state index contributed by atoms with van der Waals surface area (Å²) in [6, 6.07) is 0. The molecule has 0 aliphatic carbocycles. The van der Waals surface area contributed by atoms with Crippen molar-refractivity contribution in [2.24, 2.45) is 11.1 Å². The maximum Gasteiger partial charge on any atom is 0.165 e. The van der Waals surface area contributed by atoms with Crippen LogP contribution in [0.2, 0.25) is 0 Å². The van der Waals surface area contributed by atoms with E-state index in [1.54, 1.807) is 0 Å². The van der Waals surface area contributed by atoms with Gasteiger partial charge in [-0.05, 0) is 12.8 Å². The number of methoxy groups -OCH3 is 1. The van der Waals surface area contributed by atoms with Crippen LogP contribution < -0.4 is 5.73 Å². The molecule has 3 heteroatoms. The summed E-state index contributed by atoms with van der Waals surface area (Å²) in [7, 11) is 1.53. The molecule has 0 atom stereocenters. The highest BCUT2D eigenvalue weighted by atomic mass is 16.5. The molecule has 0 radical (unpaired) electrons. The van der Waals surface area contributed by atoms with Crippen LogP contribution in [0.4, 0.5) is 0 Å². The third-order valence-electron chi connectivity index (χ3n) is 2.61. The first kappa shape index (κ1) is 11.6. The lowest BCUT2D eigenvalue weighted by Crippen LogP contribution is -2.39. The second kappa shape index (κ2) is 5.27. The second-order valence-electron chi connectivity index (χ2n) is 3.05. The minimum absolute atomic E-state index is 0.123. The number of rotatable bonds is 6. The van der Waals surface area contributed by atoms with Gasteiger partial charge in [0.25, 0.3) is 0 Å². The zero-order valence-corrected chi connectivity index (χ0v) is 8.22. The Morgan fingerprint density at radius 2 is 1.92 bits per heavy atom. The van der Waals surface area contributed by atoms with E-state index >= 15 is 0 Å². The standard InChI is InChI=1S/C9H19NO2/c1-4-9(5-2,7-10)8(11)6-12-3/h4-7,10H2,1-3H3. The van der Waals surface area contributed by atoms with Crippen molar-refractivity contribution in [2.75, 3.05) is 20.3 Å². The Hall–Kier alpha value is -0.410. The summed E-state index contributed by atoms with van der Waals surface area (Å²) in [5.74, 6) is 0.123. The summed E-state index contributed by atoms with van der Waals surface area (Å²) >= 11 is 0. The fourth-order valence-electron chi connectivity index (χ4n) is 1.33. The van der Waals surface area contributed by atoms with Gasteiger partial charge in [0.2, 0.25) is 0 Å². The Bertz CT molecular complexity index is 133. The Morgan fingerprint density at radius 3 is 2.17 bits per heavy atom. The van der Waals surface area contributed by atoms with Crippen molar-refractivity contribution in [3.63, 3.8) is 0 Å². The molecule has 0 aromatic rings. The molecule has 0 unspecified atom stereocenters. The Labute approximate surface area is 74.3 Å². The van der Waals surface area contributed by atoms with Gasteiger partial charge in [-0.15, -0.1) is 0 Å². The van der Waals surface area contributed by atoms with Crippen LogP contribution in [0.5, 0.6) is 0 Å². The quantitative estimate of drug-likeness (QED) is 0.651. The fraction of sp³-hybridized carbons (Fsp3) is 0.889. The van der Waals surface area contributed by atoms with E-state index in [0.29, 0.717) is 6.54 Å². The highest BCUT2D eigenvalue weighted by Crippen LogP contribution is 2.25. The van der Waals surface area contributed by atoms with Crippen molar-refractivity contribution in [3.8, 4) is 0 Å². The monoisotopic (exact) mass is 173 g/mol. The lowest BCUT2D eigenvalue weighted by Gasteiger charge is -2.27. The zero-order chi connectivity index (χ0) is 9.61. The van der Waals surface area contributed by atoms with E-state index < -0.39 is 0 Å². The van der Waals surface area contributed by atoms with E-state index in [2.05, 4.69) is 0 Å². The molecule has 0 amide bonds. The molecule has 0 fully saturated rings. The van der Waals surface area contributed by atoms with Gasteiger partial charge >= 0.3 is 0 Å². The first-order valence-electron chi connectivity index (χ1n) is 4.39. The molecule has 72 valence electrons. The zero-order valence-electron chi connectivity index (χ0n) is 8.22. The van der Waals surface area contributed by atoms with Crippen molar-refractivity contribution in [1.82, 2.24) is 0 Å². The van der Waals surface area contributed by atoms with Crippen LogP contribution in [0.25, 0.3) is 0 Å². The van der Waals surface area contributed by atoms with Gasteiger partial charge in [0.15, 0.2) is 5.78 Å². The number of Topliss-reactive ketones (excluding diaryl/α,β-unsaturated/α-hetero) is 1. The van der Waals surface area contributed by atoms with E-state index in [1.807, 2.05) is 13.8 Å². The summed E-state index contributed by atoms with van der Waals surface area (Å²) in [5, 5.41) is 0. The Morgan fingerprint density at radius 1 is 1.42 bits per heavy atom. The summed E-state index contributed by atoms with van der Waals surface area (Å²) in [6.45, 7) is 4.58. The molecule has 0 saturated heterocycles.